The number of aliphatic hydroxyl groups is 1. The van der Waals surface area contributed by atoms with Gasteiger partial charge in [-0.1, -0.05) is 48.5 Å². The Hall–Kier alpha value is -4.18. The number of ether oxygens (including phenoxy) is 1. The van der Waals surface area contributed by atoms with E-state index in [1.54, 1.807) is 7.05 Å². The molecule has 3 aromatic rings. The van der Waals surface area contributed by atoms with Crippen LogP contribution in [0.2, 0.25) is 0 Å². The van der Waals surface area contributed by atoms with Gasteiger partial charge in [0, 0.05) is 13.0 Å². The highest BCUT2D eigenvalue weighted by molar-refractivity contribution is 5.93. The third-order valence-electron chi connectivity index (χ3n) is 5.97. The van der Waals surface area contributed by atoms with Crippen molar-refractivity contribution in [3.05, 3.63) is 77.1 Å². The Morgan fingerprint density at radius 1 is 1.06 bits per heavy atom. The zero-order valence-corrected chi connectivity index (χ0v) is 19.3. The summed E-state index contributed by atoms with van der Waals surface area (Å²) in [5, 5.41) is 27.9. The van der Waals surface area contributed by atoms with Crippen LogP contribution in [0.4, 0.5) is 4.79 Å². The second kappa shape index (κ2) is 9.59. The molecular formula is C25H26N4O6. The van der Waals surface area contributed by atoms with Gasteiger partial charge in [-0.3, -0.25) is 9.48 Å². The number of hydrogen-bond acceptors (Lipinski definition) is 6. The summed E-state index contributed by atoms with van der Waals surface area (Å²) in [5.74, 6) is -2.11. The lowest BCUT2D eigenvalue weighted by molar-refractivity contribution is -0.155. The second-order valence-electron chi connectivity index (χ2n) is 8.59. The van der Waals surface area contributed by atoms with Gasteiger partial charge in [0.05, 0.1) is 18.8 Å². The number of carboxylic acid groups (broad SMARTS) is 1. The van der Waals surface area contributed by atoms with Crippen LogP contribution in [0, 0.1) is 0 Å². The maximum atomic E-state index is 12.4. The number of carbonyl (C=O) groups is 3. The number of aromatic nitrogens is 2. The summed E-state index contributed by atoms with van der Waals surface area (Å²) < 4.78 is 6.80. The van der Waals surface area contributed by atoms with Crippen molar-refractivity contribution in [1.82, 2.24) is 20.4 Å². The summed E-state index contributed by atoms with van der Waals surface area (Å²) in [5.41, 5.74) is 2.98. The molecule has 182 valence electrons. The Bertz CT molecular complexity index is 1240. The lowest BCUT2D eigenvalue weighted by Gasteiger charge is -2.18. The van der Waals surface area contributed by atoms with E-state index in [1.807, 2.05) is 36.4 Å². The predicted molar refractivity (Wildman–Crippen MR) is 126 cm³/mol. The smallest absolute Gasteiger partial charge is 0.407 e. The average Bonchev–Trinajstić information content (AvgIpc) is 3.37. The van der Waals surface area contributed by atoms with Crippen LogP contribution in [-0.2, 0) is 23.1 Å². The van der Waals surface area contributed by atoms with Gasteiger partial charge in [-0.15, -0.1) is 0 Å². The van der Waals surface area contributed by atoms with Crippen molar-refractivity contribution in [3.8, 4) is 11.1 Å². The van der Waals surface area contributed by atoms with Crippen molar-refractivity contribution in [2.24, 2.45) is 7.05 Å². The summed E-state index contributed by atoms with van der Waals surface area (Å²) >= 11 is 0. The summed E-state index contributed by atoms with van der Waals surface area (Å²) in [7, 11) is 1.54. The van der Waals surface area contributed by atoms with Crippen LogP contribution < -0.4 is 10.6 Å². The number of benzene rings is 2. The van der Waals surface area contributed by atoms with Gasteiger partial charge in [-0.2, -0.15) is 5.10 Å². The number of rotatable bonds is 8. The third kappa shape index (κ3) is 5.02. The molecule has 1 aromatic heterocycles. The fourth-order valence-electron chi connectivity index (χ4n) is 4.06. The van der Waals surface area contributed by atoms with E-state index in [0.717, 1.165) is 29.2 Å². The van der Waals surface area contributed by atoms with Crippen molar-refractivity contribution in [1.29, 1.82) is 0 Å². The van der Waals surface area contributed by atoms with Gasteiger partial charge in [-0.25, -0.2) is 9.59 Å². The maximum absolute atomic E-state index is 12.4. The lowest BCUT2D eigenvalue weighted by atomic mass is 9.98. The molecule has 0 radical (unpaired) electrons. The highest BCUT2D eigenvalue weighted by atomic mass is 16.5. The highest BCUT2D eigenvalue weighted by Gasteiger charge is 2.31. The standard InChI is InChI=1S/C25H26N4O6/c1-25(34,23(31)32)14-27-22(30)21-11-15(28-29(21)2)12-26-24(33)35-13-20-18-9-5-3-7-16(18)17-8-4-6-10-19(17)20/h3-11,20,34H,12-14H2,1-2H3,(H,26,33)(H,27,30)(H,31,32). The molecule has 1 aliphatic carbocycles. The summed E-state index contributed by atoms with van der Waals surface area (Å²) in [4.78, 5) is 35.7. The molecular weight excluding hydrogens is 452 g/mol. The molecule has 0 bridgehead atoms. The Labute approximate surface area is 201 Å². The van der Waals surface area contributed by atoms with Gasteiger partial charge in [0.1, 0.15) is 12.3 Å². The van der Waals surface area contributed by atoms with Crippen LogP contribution in [0.15, 0.2) is 54.6 Å². The molecule has 1 unspecified atom stereocenters. The molecule has 0 saturated heterocycles. The number of fused-ring (bicyclic) bond motifs is 3. The molecule has 35 heavy (non-hydrogen) atoms. The molecule has 4 N–H and O–H groups in total. The fourth-order valence-corrected chi connectivity index (χ4v) is 4.06. The zero-order chi connectivity index (χ0) is 25.2. The van der Waals surface area contributed by atoms with Crippen molar-refractivity contribution in [2.45, 2.75) is 25.0 Å². The van der Waals surface area contributed by atoms with Crippen molar-refractivity contribution in [3.63, 3.8) is 0 Å². The number of alkyl carbamates (subject to hydrolysis) is 1. The van der Waals surface area contributed by atoms with E-state index in [2.05, 4.69) is 27.9 Å². The average molecular weight is 479 g/mol. The molecule has 1 aliphatic rings. The Morgan fingerprint density at radius 2 is 1.66 bits per heavy atom. The Kier molecular flexibility index (Phi) is 6.57. The van der Waals surface area contributed by atoms with Crippen LogP contribution >= 0.6 is 0 Å². The van der Waals surface area contributed by atoms with E-state index in [1.165, 1.54) is 10.7 Å². The van der Waals surface area contributed by atoms with Crippen LogP contribution in [0.25, 0.3) is 11.1 Å². The maximum Gasteiger partial charge on any atom is 0.407 e. The highest BCUT2D eigenvalue weighted by Crippen LogP contribution is 2.44. The quantitative estimate of drug-likeness (QED) is 0.388. The number of aliphatic carboxylic acids is 1. The van der Waals surface area contributed by atoms with Crippen molar-refractivity contribution < 1.29 is 29.3 Å². The first-order valence-electron chi connectivity index (χ1n) is 11.0. The SMILES string of the molecule is Cn1nc(CNC(=O)OCC2c3ccccc3-c3ccccc32)cc1C(=O)NCC(C)(O)C(=O)O. The summed E-state index contributed by atoms with van der Waals surface area (Å²) in [6.07, 6.45) is -0.610. The number of aryl methyl sites for hydroxylation is 1. The minimum Gasteiger partial charge on any atom is -0.479 e. The van der Waals surface area contributed by atoms with Crippen LogP contribution in [-0.4, -0.2) is 56.7 Å². The molecule has 0 aliphatic heterocycles. The van der Waals surface area contributed by atoms with E-state index < -0.39 is 30.1 Å². The van der Waals surface area contributed by atoms with Gasteiger partial charge < -0.3 is 25.6 Å². The first kappa shape index (κ1) is 24.0. The van der Waals surface area contributed by atoms with Crippen LogP contribution in [0.1, 0.15) is 40.2 Å². The summed E-state index contributed by atoms with van der Waals surface area (Å²) in [6, 6.07) is 17.6. The Balaban J connectivity index is 1.32. The molecule has 1 atom stereocenters. The first-order chi connectivity index (χ1) is 16.7. The summed E-state index contributed by atoms with van der Waals surface area (Å²) in [6.45, 7) is 0.826. The fraction of sp³-hybridized carbons (Fsp3) is 0.280. The van der Waals surface area contributed by atoms with Crippen LogP contribution in [0.3, 0.4) is 0 Å². The van der Waals surface area contributed by atoms with Gasteiger partial charge in [0.15, 0.2) is 5.60 Å². The topological polar surface area (TPSA) is 143 Å². The monoisotopic (exact) mass is 478 g/mol. The Morgan fingerprint density at radius 3 is 2.26 bits per heavy atom. The number of hydrogen-bond donors (Lipinski definition) is 4. The molecule has 1 heterocycles. The van der Waals surface area contributed by atoms with Crippen molar-refractivity contribution >= 4 is 18.0 Å². The number of carbonyl (C=O) groups excluding carboxylic acids is 2. The molecule has 0 saturated carbocycles. The minimum absolute atomic E-state index is 0.0324. The number of carboxylic acids is 1. The largest absolute Gasteiger partial charge is 0.479 e. The molecule has 0 spiro atoms. The van der Waals surface area contributed by atoms with Gasteiger partial charge in [-0.05, 0) is 35.2 Å². The molecule has 10 heteroatoms. The van der Waals surface area contributed by atoms with E-state index in [4.69, 9.17) is 9.84 Å². The molecule has 0 fully saturated rings. The minimum atomic E-state index is -2.09. The van der Waals surface area contributed by atoms with Crippen molar-refractivity contribution in [2.75, 3.05) is 13.2 Å². The van der Waals surface area contributed by atoms with E-state index in [9.17, 15) is 19.5 Å². The van der Waals surface area contributed by atoms with Gasteiger partial charge >= 0.3 is 12.1 Å². The third-order valence-corrected chi connectivity index (χ3v) is 5.97. The van der Waals surface area contributed by atoms with E-state index in [-0.39, 0.29) is 24.8 Å². The van der Waals surface area contributed by atoms with E-state index in [0.29, 0.717) is 5.69 Å². The van der Waals surface area contributed by atoms with Gasteiger partial charge in [0.2, 0.25) is 0 Å². The van der Waals surface area contributed by atoms with Gasteiger partial charge in [0.25, 0.3) is 5.91 Å². The molecule has 2 aromatic carbocycles. The number of nitrogens with zero attached hydrogens (tertiary/aromatic N) is 2. The lowest BCUT2D eigenvalue weighted by Crippen LogP contribution is -2.46. The molecule has 10 nitrogen and oxygen atoms in total. The zero-order valence-electron chi connectivity index (χ0n) is 19.3. The van der Waals surface area contributed by atoms with Crippen LogP contribution in [0.5, 0.6) is 0 Å². The first-order valence-corrected chi connectivity index (χ1v) is 11.0. The molecule has 2 amide bonds. The molecule has 4 rings (SSSR count). The number of nitrogens with one attached hydrogen (secondary N) is 2. The van der Waals surface area contributed by atoms with E-state index >= 15 is 0 Å². The second-order valence-corrected chi connectivity index (χ2v) is 8.59. The predicted octanol–water partition coefficient (Wildman–Crippen LogP) is 2.02. The number of amides is 2. The normalized spacial score (nSPS) is 13.9.